The Hall–Kier alpha value is -0.400. The monoisotopic (exact) mass is 238 g/mol. The van der Waals surface area contributed by atoms with Gasteiger partial charge in [-0.25, -0.2) is 0 Å². The second-order valence-electron chi connectivity index (χ2n) is 3.80. The predicted molar refractivity (Wildman–Crippen MR) is 68.0 cm³/mol. The highest BCUT2D eigenvalue weighted by molar-refractivity contribution is 5.85. The molecule has 1 aromatic carbocycles. The van der Waals surface area contributed by atoms with E-state index in [0.29, 0.717) is 5.75 Å². The van der Waals surface area contributed by atoms with E-state index in [1.165, 1.54) is 5.56 Å². The number of phenolic OH excluding ortho intramolecular Hbond substituents is 1. The van der Waals surface area contributed by atoms with Crippen molar-refractivity contribution >= 4 is 24.8 Å². The first-order valence-electron chi connectivity index (χ1n) is 3.79. The number of hydrogen-bond acceptors (Lipinski definition) is 1. The van der Waals surface area contributed by atoms with Crippen molar-refractivity contribution in [1.29, 1.82) is 0 Å². The van der Waals surface area contributed by atoms with Crippen molar-refractivity contribution in [2.45, 2.75) is 33.6 Å². The number of hydrogen-bond donors (Lipinski definition) is 1. The topological polar surface area (TPSA) is 20.2 Å². The molecule has 0 fully saturated rings. The minimum atomic E-state index is 0. The first kappa shape index (κ1) is 19.2. The number of benzene rings is 1. The molecular weight excluding hydrogens is 219 g/mol. The van der Waals surface area contributed by atoms with Gasteiger partial charge < -0.3 is 5.11 Å². The Bertz CT molecular complexity index is 236. The van der Waals surface area contributed by atoms with Crippen LogP contribution in [-0.2, 0) is 5.41 Å². The summed E-state index contributed by atoms with van der Waals surface area (Å²) in [5.41, 5.74) is 1.42. The van der Waals surface area contributed by atoms with Crippen LogP contribution in [0.3, 0.4) is 0 Å². The quantitative estimate of drug-likeness (QED) is 0.720. The zero-order valence-electron chi connectivity index (χ0n) is 8.07. The van der Waals surface area contributed by atoms with Crippen molar-refractivity contribution in [3.05, 3.63) is 29.8 Å². The molecule has 84 valence electrons. The maximum absolute atomic E-state index is 9.02. The van der Waals surface area contributed by atoms with Crippen LogP contribution >= 0.6 is 24.8 Å². The van der Waals surface area contributed by atoms with Gasteiger partial charge in [0.05, 0.1) is 0 Å². The van der Waals surface area contributed by atoms with Crippen LogP contribution in [0.4, 0.5) is 0 Å². The average molecular weight is 239 g/mol. The van der Waals surface area contributed by atoms with Gasteiger partial charge in [0.1, 0.15) is 5.75 Å². The molecule has 0 amide bonds. The van der Waals surface area contributed by atoms with Gasteiger partial charge in [0.2, 0.25) is 0 Å². The van der Waals surface area contributed by atoms with Gasteiger partial charge in [-0.05, 0) is 23.1 Å². The summed E-state index contributed by atoms with van der Waals surface area (Å²) < 4.78 is 0. The van der Waals surface area contributed by atoms with Gasteiger partial charge in [-0.2, -0.15) is 0 Å². The lowest BCUT2D eigenvalue weighted by Crippen LogP contribution is -2.10. The number of phenols is 1. The van der Waals surface area contributed by atoms with E-state index in [0.717, 1.165) is 0 Å². The molecule has 14 heavy (non-hydrogen) atoms. The zero-order chi connectivity index (χ0) is 8.48. The molecule has 0 aromatic heterocycles. The largest absolute Gasteiger partial charge is 0.508 e. The second kappa shape index (κ2) is 6.97. The number of aromatic hydroxyl groups is 1. The van der Waals surface area contributed by atoms with E-state index in [9.17, 15) is 0 Å². The third kappa shape index (κ3) is 5.36. The number of rotatable bonds is 0. The van der Waals surface area contributed by atoms with Crippen molar-refractivity contribution in [3.8, 4) is 5.75 Å². The molecule has 0 aliphatic rings. The van der Waals surface area contributed by atoms with E-state index in [1.54, 1.807) is 12.1 Å². The minimum Gasteiger partial charge on any atom is -0.508 e. The van der Waals surface area contributed by atoms with Crippen LogP contribution in [0, 0.1) is 0 Å². The summed E-state index contributed by atoms with van der Waals surface area (Å²) >= 11 is 0. The summed E-state index contributed by atoms with van der Waals surface area (Å²) in [5.74, 6) is 0.331. The molecular formula is C11H20Cl2O. The standard InChI is InChI=1S/C10H14O.CH4.2ClH/c1-10(2,3)8-4-6-9(11)7-5-8;;;/h4-7,11H,1-3H3;1H4;2*1H. The maximum Gasteiger partial charge on any atom is 0.115 e. The molecule has 1 nitrogen and oxygen atoms in total. The Balaban J connectivity index is -0.000000403. The summed E-state index contributed by atoms with van der Waals surface area (Å²) in [5, 5.41) is 9.02. The van der Waals surface area contributed by atoms with Crippen molar-refractivity contribution < 1.29 is 5.11 Å². The lowest BCUT2D eigenvalue weighted by Gasteiger charge is -2.18. The molecule has 1 rings (SSSR count). The Kier molecular flexibility index (Phi) is 9.56. The molecule has 0 saturated heterocycles. The fourth-order valence-electron chi connectivity index (χ4n) is 0.961. The molecule has 0 atom stereocenters. The first-order chi connectivity index (χ1) is 5.00. The van der Waals surface area contributed by atoms with Gasteiger partial charge in [-0.1, -0.05) is 40.3 Å². The van der Waals surface area contributed by atoms with Crippen LogP contribution in [0.5, 0.6) is 5.75 Å². The Morgan fingerprint density at radius 3 is 1.57 bits per heavy atom. The SMILES string of the molecule is C.CC(C)(C)c1ccc(O)cc1.Cl.Cl. The van der Waals surface area contributed by atoms with Gasteiger partial charge in [0.25, 0.3) is 0 Å². The third-order valence-corrected chi connectivity index (χ3v) is 1.73. The van der Waals surface area contributed by atoms with Crippen LogP contribution in [-0.4, -0.2) is 5.11 Å². The Morgan fingerprint density at radius 1 is 0.929 bits per heavy atom. The van der Waals surface area contributed by atoms with Crippen molar-refractivity contribution in [3.63, 3.8) is 0 Å². The molecule has 1 N–H and O–H groups in total. The van der Waals surface area contributed by atoms with Crippen LogP contribution in [0.15, 0.2) is 24.3 Å². The Labute approximate surface area is 99.4 Å². The molecule has 0 bridgehead atoms. The smallest absolute Gasteiger partial charge is 0.115 e. The molecule has 0 radical (unpaired) electrons. The van der Waals surface area contributed by atoms with Gasteiger partial charge in [0.15, 0.2) is 0 Å². The zero-order valence-corrected chi connectivity index (χ0v) is 9.71. The van der Waals surface area contributed by atoms with Crippen LogP contribution in [0.1, 0.15) is 33.8 Å². The van der Waals surface area contributed by atoms with Gasteiger partial charge >= 0.3 is 0 Å². The van der Waals surface area contributed by atoms with E-state index >= 15 is 0 Å². The highest BCUT2D eigenvalue weighted by Gasteiger charge is 2.12. The maximum atomic E-state index is 9.02. The van der Waals surface area contributed by atoms with E-state index in [-0.39, 0.29) is 37.7 Å². The number of halogens is 2. The summed E-state index contributed by atoms with van der Waals surface area (Å²) in [7, 11) is 0. The van der Waals surface area contributed by atoms with Crippen molar-refractivity contribution in [1.82, 2.24) is 0 Å². The molecule has 0 heterocycles. The second-order valence-corrected chi connectivity index (χ2v) is 3.80. The third-order valence-electron chi connectivity index (χ3n) is 1.73. The molecule has 1 aromatic rings. The Morgan fingerprint density at radius 2 is 1.29 bits per heavy atom. The van der Waals surface area contributed by atoms with E-state index in [4.69, 9.17) is 5.11 Å². The van der Waals surface area contributed by atoms with E-state index < -0.39 is 0 Å². The van der Waals surface area contributed by atoms with E-state index in [1.807, 2.05) is 12.1 Å². The molecule has 3 heteroatoms. The fourth-order valence-corrected chi connectivity index (χ4v) is 0.961. The molecule has 0 saturated carbocycles. The van der Waals surface area contributed by atoms with Crippen molar-refractivity contribution in [2.24, 2.45) is 0 Å². The normalized spacial score (nSPS) is 9.07. The van der Waals surface area contributed by atoms with Crippen LogP contribution in [0.25, 0.3) is 0 Å². The lowest BCUT2D eigenvalue weighted by molar-refractivity contribution is 0.474. The van der Waals surface area contributed by atoms with Crippen LogP contribution < -0.4 is 0 Å². The predicted octanol–water partition coefficient (Wildman–Crippen LogP) is 4.17. The minimum absolute atomic E-state index is 0. The summed E-state index contributed by atoms with van der Waals surface area (Å²) in [6.07, 6.45) is 0. The molecule has 0 spiro atoms. The summed E-state index contributed by atoms with van der Waals surface area (Å²) in [6, 6.07) is 7.35. The fraction of sp³-hybridized carbons (Fsp3) is 0.455. The molecule has 0 unspecified atom stereocenters. The van der Waals surface area contributed by atoms with Gasteiger partial charge in [0, 0.05) is 0 Å². The van der Waals surface area contributed by atoms with Crippen LogP contribution in [0.2, 0.25) is 0 Å². The van der Waals surface area contributed by atoms with Gasteiger partial charge in [-0.3, -0.25) is 0 Å². The molecule has 0 aliphatic heterocycles. The average Bonchev–Trinajstić information content (AvgIpc) is 1.86. The summed E-state index contributed by atoms with van der Waals surface area (Å²) in [6.45, 7) is 6.46. The van der Waals surface area contributed by atoms with Gasteiger partial charge in [-0.15, -0.1) is 24.8 Å². The summed E-state index contributed by atoms with van der Waals surface area (Å²) in [4.78, 5) is 0. The molecule has 0 aliphatic carbocycles. The highest BCUT2D eigenvalue weighted by Crippen LogP contribution is 2.23. The van der Waals surface area contributed by atoms with Crippen molar-refractivity contribution in [2.75, 3.05) is 0 Å². The first-order valence-corrected chi connectivity index (χ1v) is 3.79. The highest BCUT2D eigenvalue weighted by atomic mass is 35.5. The van der Waals surface area contributed by atoms with E-state index in [2.05, 4.69) is 20.8 Å². The lowest BCUT2D eigenvalue weighted by atomic mass is 9.87.